The Hall–Kier alpha value is -1.58. The second-order valence-electron chi connectivity index (χ2n) is 10.7. The summed E-state index contributed by atoms with van der Waals surface area (Å²) in [4.78, 5) is 30.1. The fourth-order valence-corrected chi connectivity index (χ4v) is 7.90. The number of amides is 1. The maximum atomic E-state index is 13.4. The Labute approximate surface area is 182 Å². The normalized spacial score (nSPS) is 40.2. The lowest BCUT2D eigenvalue weighted by atomic mass is 9.49. The lowest BCUT2D eigenvalue weighted by Crippen LogP contribution is -2.58. The van der Waals surface area contributed by atoms with Crippen molar-refractivity contribution in [2.75, 3.05) is 26.2 Å². The number of rotatable bonds is 5. The number of allylic oxidation sites excluding steroid dienone is 2. The molecule has 4 heteroatoms. The van der Waals surface area contributed by atoms with Gasteiger partial charge in [-0.1, -0.05) is 19.9 Å². The number of hydrogen-bond donors (Lipinski definition) is 0. The molecule has 166 valence electrons. The molecule has 6 atom stereocenters. The van der Waals surface area contributed by atoms with Crippen molar-refractivity contribution >= 4 is 11.7 Å². The van der Waals surface area contributed by atoms with Crippen molar-refractivity contribution in [3.8, 4) is 0 Å². The summed E-state index contributed by atoms with van der Waals surface area (Å²) in [6, 6.07) is 0. The molecule has 1 amide bonds. The van der Waals surface area contributed by atoms with Gasteiger partial charge in [-0.05, 0) is 69.1 Å². The van der Waals surface area contributed by atoms with Crippen molar-refractivity contribution in [3.05, 3.63) is 24.4 Å². The number of carbonyl (C=O) groups is 2. The minimum Gasteiger partial charge on any atom is -0.370 e. The Morgan fingerprint density at radius 3 is 2.60 bits per heavy atom. The number of piperidine rings is 1. The van der Waals surface area contributed by atoms with E-state index < -0.39 is 0 Å². The Morgan fingerprint density at radius 2 is 1.93 bits per heavy atom. The average Bonchev–Trinajstić information content (AvgIpc) is 3.07. The standard InChI is InChI=1S/C26H40N2O2/c1-6-15-28-17-19-20-9-10-22(24(30)27(7-2)8-3)25(20,4)14-12-21(19)26(5)13-11-18(29)16-23(26)28/h6,16,19-22H,1,7-15,17H2,2-5H3/t19-,20-,21-,22+,25-,26+/m0/s1. The van der Waals surface area contributed by atoms with E-state index in [1.165, 1.54) is 18.5 Å². The van der Waals surface area contributed by atoms with Gasteiger partial charge in [0, 0.05) is 55.7 Å². The molecule has 0 aromatic heterocycles. The van der Waals surface area contributed by atoms with E-state index in [-0.39, 0.29) is 22.5 Å². The summed E-state index contributed by atoms with van der Waals surface area (Å²) in [6.07, 6.45) is 10.1. The van der Waals surface area contributed by atoms with Crippen molar-refractivity contribution in [1.29, 1.82) is 0 Å². The lowest BCUT2D eigenvalue weighted by molar-refractivity contribution is -0.143. The summed E-state index contributed by atoms with van der Waals surface area (Å²) >= 11 is 0. The fourth-order valence-electron chi connectivity index (χ4n) is 7.90. The number of carbonyl (C=O) groups excluding carboxylic acids is 2. The molecule has 30 heavy (non-hydrogen) atoms. The zero-order valence-corrected chi connectivity index (χ0v) is 19.5. The molecule has 0 N–H and O–H groups in total. The van der Waals surface area contributed by atoms with Gasteiger partial charge in [-0.2, -0.15) is 0 Å². The molecule has 0 spiro atoms. The molecule has 2 saturated carbocycles. The van der Waals surface area contributed by atoms with Crippen LogP contribution in [0.15, 0.2) is 24.4 Å². The third-order valence-electron chi connectivity index (χ3n) is 9.52. The van der Waals surface area contributed by atoms with Crippen LogP contribution in [0.2, 0.25) is 0 Å². The molecule has 4 nitrogen and oxygen atoms in total. The summed E-state index contributed by atoms with van der Waals surface area (Å²) in [7, 11) is 0. The Balaban J connectivity index is 1.66. The minimum absolute atomic E-state index is 0.0855. The first-order valence-electron chi connectivity index (χ1n) is 12.2. The summed E-state index contributed by atoms with van der Waals surface area (Å²) in [6.45, 7) is 16.5. The molecule has 1 aliphatic heterocycles. The predicted molar refractivity (Wildman–Crippen MR) is 121 cm³/mol. The number of hydrogen-bond acceptors (Lipinski definition) is 3. The van der Waals surface area contributed by atoms with E-state index in [9.17, 15) is 9.59 Å². The van der Waals surface area contributed by atoms with Crippen LogP contribution in [0.1, 0.15) is 66.2 Å². The smallest absolute Gasteiger partial charge is 0.226 e. The molecular weight excluding hydrogens is 372 g/mol. The SMILES string of the molecule is C=CCN1C[C@H]2[C@@H]3CC[C@H](C(=O)N(CC)CC)[C@@]3(C)CC[C@@H]2[C@@]2(C)CCC(=O)C=C12. The molecule has 4 aliphatic rings. The molecule has 1 saturated heterocycles. The molecule has 0 aromatic carbocycles. The molecular formula is C26H40N2O2. The molecule has 1 heterocycles. The monoisotopic (exact) mass is 412 g/mol. The van der Waals surface area contributed by atoms with Crippen LogP contribution in [-0.2, 0) is 9.59 Å². The number of likely N-dealkylation sites (tertiary alicyclic amines) is 1. The highest BCUT2D eigenvalue weighted by atomic mass is 16.2. The van der Waals surface area contributed by atoms with E-state index in [0.717, 1.165) is 45.4 Å². The quantitative estimate of drug-likeness (QED) is 0.616. The van der Waals surface area contributed by atoms with Gasteiger partial charge in [0.15, 0.2) is 5.78 Å². The number of nitrogens with zero attached hydrogens (tertiary/aromatic N) is 2. The molecule has 3 aliphatic carbocycles. The second kappa shape index (κ2) is 7.84. The number of fused-ring (bicyclic) bond motifs is 5. The van der Waals surface area contributed by atoms with Gasteiger partial charge >= 0.3 is 0 Å². The van der Waals surface area contributed by atoms with Crippen LogP contribution in [0.4, 0.5) is 0 Å². The highest BCUT2D eigenvalue weighted by Gasteiger charge is 2.61. The summed E-state index contributed by atoms with van der Waals surface area (Å²) in [5, 5.41) is 0. The first-order valence-corrected chi connectivity index (χ1v) is 12.2. The predicted octanol–water partition coefficient (Wildman–Crippen LogP) is 4.67. The van der Waals surface area contributed by atoms with Gasteiger partial charge in [0.2, 0.25) is 5.91 Å². The third-order valence-corrected chi connectivity index (χ3v) is 9.52. The maximum absolute atomic E-state index is 13.4. The van der Waals surface area contributed by atoms with Gasteiger partial charge < -0.3 is 9.80 Å². The molecule has 0 unspecified atom stereocenters. The fraction of sp³-hybridized carbons (Fsp3) is 0.769. The Kier molecular flexibility index (Phi) is 5.65. The highest BCUT2D eigenvalue weighted by Crippen LogP contribution is 2.65. The van der Waals surface area contributed by atoms with Gasteiger partial charge in [-0.25, -0.2) is 0 Å². The summed E-state index contributed by atoms with van der Waals surface area (Å²) in [5.41, 5.74) is 1.46. The van der Waals surface area contributed by atoms with E-state index in [1.807, 2.05) is 17.1 Å². The topological polar surface area (TPSA) is 40.6 Å². The molecule has 0 radical (unpaired) electrons. The molecule has 0 aromatic rings. The van der Waals surface area contributed by atoms with Gasteiger partial charge in [0.25, 0.3) is 0 Å². The van der Waals surface area contributed by atoms with Crippen molar-refractivity contribution < 1.29 is 9.59 Å². The van der Waals surface area contributed by atoms with E-state index >= 15 is 0 Å². The van der Waals surface area contributed by atoms with E-state index in [0.29, 0.717) is 30.1 Å². The van der Waals surface area contributed by atoms with Crippen molar-refractivity contribution in [3.63, 3.8) is 0 Å². The number of ketones is 1. The molecule has 3 fully saturated rings. The van der Waals surface area contributed by atoms with Gasteiger partial charge in [0.05, 0.1) is 0 Å². The van der Waals surface area contributed by atoms with Gasteiger partial charge in [-0.3, -0.25) is 9.59 Å². The Bertz CT molecular complexity index is 754. The van der Waals surface area contributed by atoms with Crippen LogP contribution >= 0.6 is 0 Å². The maximum Gasteiger partial charge on any atom is 0.226 e. The zero-order chi connectivity index (χ0) is 21.7. The van der Waals surface area contributed by atoms with Crippen LogP contribution in [0.3, 0.4) is 0 Å². The van der Waals surface area contributed by atoms with Crippen molar-refractivity contribution in [2.45, 2.75) is 66.2 Å². The minimum atomic E-state index is 0.0855. The first-order chi connectivity index (χ1) is 14.3. The van der Waals surface area contributed by atoms with Crippen LogP contribution < -0.4 is 0 Å². The summed E-state index contributed by atoms with van der Waals surface area (Å²) in [5.74, 6) is 2.67. The van der Waals surface area contributed by atoms with E-state index in [2.05, 4.69) is 39.2 Å². The Morgan fingerprint density at radius 1 is 1.20 bits per heavy atom. The first kappa shape index (κ1) is 21.6. The second-order valence-corrected chi connectivity index (χ2v) is 10.7. The molecule has 4 rings (SSSR count). The van der Waals surface area contributed by atoms with E-state index in [1.54, 1.807) is 0 Å². The third kappa shape index (κ3) is 3.08. The van der Waals surface area contributed by atoms with Gasteiger partial charge in [0.1, 0.15) is 0 Å². The summed E-state index contributed by atoms with van der Waals surface area (Å²) < 4.78 is 0. The van der Waals surface area contributed by atoms with Crippen LogP contribution in [-0.4, -0.2) is 47.7 Å². The van der Waals surface area contributed by atoms with E-state index in [4.69, 9.17) is 0 Å². The zero-order valence-electron chi connectivity index (χ0n) is 19.5. The molecule has 0 bridgehead atoms. The average molecular weight is 413 g/mol. The van der Waals surface area contributed by atoms with Gasteiger partial charge in [-0.15, -0.1) is 6.58 Å². The lowest BCUT2D eigenvalue weighted by Gasteiger charge is -2.60. The van der Waals surface area contributed by atoms with Crippen LogP contribution in [0.25, 0.3) is 0 Å². The van der Waals surface area contributed by atoms with Crippen LogP contribution in [0, 0.1) is 34.5 Å². The largest absolute Gasteiger partial charge is 0.370 e. The van der Waals surface area contributed by atoms with Crippen LogP contribution in [0.5, 0.6) is 0 Å². The van der Waals surface area contributed by atoms with Crippen molar-refractivity contribution in [2.24, 2.45) is 34.5 Å². The van der Waals surface area contributed by atoms with Crippen molar-refractivity contribution in [1.82, 2.24) is 9.80 Å². The highest BCUT2D eigenvalue weighted by molar-refractivity contribution is 5.91.